The predicted molar refractivity (Wildman–Crippen MR) is 112 cm³/mol. The zero-order valence-electron chi connectivity index (χ0n) is 17.1. The van der Waals surface area contributed by atoms with Gasteiger partial charge in [0.15, 0.2) is 5.69 Å². The molecule has 2 heterocycles. The van der Waals surface area contributed by atoms with Crippen LogP contribution < -0.4 is 0 Å². The number of carbonyl (C=O) groups is 2. The van der Waals surface area contributed by atoms with Crippen LogP contribution in [0.3, 0.4) is 0 Å². The van der Waals surface area contributed by atoms with Crippen LogP contribution in [0, 0.1) is 5.92 Å². The number of nitrogens with zero attached hydrogens (tertiary/aromatic N) is 4. The summed E-state index contributed by atoms with van der Waals surface area (Å²) in [5.74, 6) is -1.13. The molecule has 12 heteroatoms. The largest absolute Gasteiger partial charge is 0.476 e. The number of hydrogen-bond donors (Lipinski definition) is 1. The number of carbonyl (C=O) groups excluding carboxylic acids is 1. The van der Waals surface area contributed by atoms with Crippen molar-refractivity contribution < 1.29 is 27.9 Å². The molecule has 1 amide bonds. The summed E-state index contributed by atoms with van der Waals surface area (Å²) in [6, 6.07) is 3.09. The van der Waals surface area contributed by atoms with Crippen molar-refractivity contribution in [3.05, 3.63) is 51.3 Å². The van der Waals surface area contributed by atoms with E-state index >= 15 is 0 Å². The lowest BCUT2D eigenvalue weighted by atomic mass is 9.96. The zero-order valence-corrected chi connectivity index (χ0v) is 18.6. The number of benzene rings is 1. The molecule has 1 aliphatic rings. The van der Waals surface area contributed by atoms with Crippen LogP contribution in [-0.2, 0) is 12.7 Å². The van der Waals surface area contributed by atoms with Crippen molar-refractivity contribution in [3.63, 3.8) is 0 Å². The van der Waals surface area contributed by atoms with E-state index in [4.69, 9.17) is 28.3 Å². The van der Waals surface area contributed by atoms with Gasteiger partial charge in [-0.3, -0.25) is 0 Å². The molecule has 1 aromatic heterocycles. The lowest BCUT2D eigenvalue weighted by Crippen LogP contribution is -2.43. The van der Waals surface area contributed by atoms with Crippen LogP contribution in [0.15, 0.2) is 24.4 Å². The Hall–Kier alpha value is -2.30. The molecule has 0 aliphatic carbocycles. The number of halogens is 5. The highest BCUT2D eigenvalue weighted by molar-refractivity contribution is 6.33. The molecule has 1 fully saturated rings. The molecule has 7 nitrogen and oxygen atoms in total. The monoisotopic (exact) mass is 492 g/mol. The highest BCUT2D eigenvalue weighted by atomic mass is 35.5. The van der Waals surface area contributed by atoms with E-state index in [1.807, 2.05) is 4.90 Å². The van der Waals surface area contributed by atoms with E-state index in [0.717, 1.165) is 16.9 Å². The van der Waals surface area contributed by atoms with Gasteiger partial charge in [-0.1, -0.05) is 23.2 Å². The van der Waals surface area contributed by atoms with E-state index in [2.05, 4.69) is 5.10 Å². The van der Waals surface area contributed by atoms with Gasteiger partial charge >= 0.3 is 18.2 Å². The van der Waals surface area contributed by atoms with Crippen molar-refractivity contribution in [1.82, 2.24) is 19.6 Å². The van der Waals surface area contributed by atoms with E-state index in [9.17, 15) is 22.8 Å². The normalized spacial score (nSPS) is 15.4. The van der Waals surface area contributed by atoms with Crippen LogP contribution >= 0.6 is 23.2 Å². The number of aromatic carboxylic acids is 1. The quantitative estimate of drug-likeness (QED) is 0.653. The zero-order chi connectivity index (χ0) is 23.6. The number of hydrogen-bond acceptors (Lipinski definition) is 4. The molecule has 1 N–H and O–H groups in total. The number of likely N-dealkylation sites (tertiary alicyclic amines) is 1. The third kappa shape index (κ3) is 5.73. The van der Waals surface area contributed by atoms with Gasteiger partial charge in [0.2, 0.25) is 0 Å². The van der Waals surface area contributed by atoms with E-state index < -0.39 is 29.4 Å². The summed E-state index contributed by atoms with van der Waals surface area (Å²) in [7, 11) is 1.75. The first-order valence-electron chi connectivity index (χ1n) is 9.77. The molecule has 2 aromatic rings. The summed E-state index contributed by atoms with van der Waals surface area (Å²) in [6.45, 7) is 1.49. The molecule has 0 bridgehead atoms. The van der Waals surface area contributed by atoms with Crippen molar-refractivity contribution in [2.45, 2.75) is 25.6 Å². The number of rotatable bonds is 5. The second-order valence-corrected chi connectivity index (χ2v) is 8.63. The molecule has 0 radical (unpaired) electrons. The van der Waals surface area contributed by atoms with E-state index in [0.29, 0.717) is 32.5 Å². The van der Waals surface area contributed by atoms with Gasteiger partial charge < -0.3 is 14.9 Å². The van der Waals surface area contributed by atoms with E-state index in [1.165, 1.54) is 12.1 Å². The standard InChI is InChI=1S/C20H21Cl2F3N4O3/c1-27(10-13-8-14(21)2-3-15(13)20(23,24)25)9-12-4-6-28(7-5-12)19(32)29-11-16(22)17(26-29)18(30)31/h2-3,8,11-12H,4-7,9-10H2,1H3,(H,30,31). The molecule has 3 rings (SSSR count). The van der Waals surface area contributed by atoms with Crippen molar-refractivity contribution >= 4 is 35.2 Å². The van der Waals surface area contributed by atoms with Crippen LogP contribution in [0.25, 0.3) is 0 Å². The topological polar surface area (TPSA) is 78.7 Å². The molecule has 0 unspecified atom stereocenters. The Balaban J connectivity index is 1.56. The van der Waals surface area contributed by atoms with Gasteiger partial charge in [-0.2, -0.15) is 23.0 Å². The first-order chi connectivity index (χ1) is 15.0. The molecule has 0 saturated carbocycles. The number of carboxylic acids is 1. The number of carboxylic acid groups (broad SMARTS) is 1. The molecule has 32 heavy (non-hydrogen) atoms. The predicted octanol–water partition coefficient (Wildman–Crippen LogP) is 4.72. The molecular weight excluding hydrogens is 472 g/mol. The fourth-order valence-corrected chi connectivity index (χ4v) is 4.22. The minimum absolute atomic E-state index is 0.0955. The van der Waals surface area contributed by atoms with Crippen LogP contribution in [0.1, 0.15) is 34.5 Å². The number of alkyl halides is 3. The Morgan fingerprint density at radius 2 is 1.91 bits per heavy atom. The lowest BCUT2D eigenvalue weighted by Gasteiger charge is -2.33. The smallest absolute Gasteiger partial charge is 0.416 e. The van der Waals surface area contributed by atoms with Crippen molar-refractivity contribution in [3.8, 4) is 0 Å². The summed E-state index contributed by atoms with van der Waals surface area (Å²) >= 11 is 11.7. The average Bonchev–Trinajstić information content (AvgIpc) is 3.09. The molecular formula is C20H21Cl2F3N4O3. The maximum absolute atomic E-state index is 13.3. The minimum atomic E-state index is -4.46. The number of piperidine rings is 1. The Kier molecular flexibility index (Phi) is 7.36. The van der Waals surface area contributed by atoms with Crippen molar-refractivity contribution in [2.24, 2.45) is 5.92 Å². The van der Waals surface area contributed by atoms with Gasteiger partial charge in [0.05, 0.1) is 16.8 Å². The van der Waals surface area contributed by atoms with Crippen LogP contribution in [0.2, 0.25) is 10.0 Å². The summed E-state index contributed by atoms with van der Waals surface area (Å²) in [4.78, 5) is 27.0. The SMILES string of the molecule is CN(Cc1cc(Cl)ccc1C(F)(F)F)CC1CCN(C(=O)n2cc(Cl)c(C(=O)O)n2)CC1. The first kappa shape index (κ1) is 24.3. The number of aromatic nitrogens is 2. The Bertz CT molecular complexity index is 1000. The second-order valence-electron chi connectivity index (χ2n) is 7.78. The first-order valence-corrected chi connectivity index (χ1v) is 10.5. The highest BCUT2D eigenvalue weighted by Gasteiger charge is 2.34. The van der Waals surface area contributed by atoms with Gasteiger partial charge in [-0.05, 0) is 49.6 Å². The van der Waals surface area contributed by atoms with Gasteiger partial charge in [0.1, 0.15) is 0 Å². The average molecular weight is 493 g/mol. The van der Waals surface area contributed by atoms with E-state index in [-0.39, 0.29) is 28.1 Å². The number of amides is 1. The van der Waals surface area contributed by atoms with Crippen molar-refractivity contribution in [1.29, 1.82) is 0 Å². The van der Waals surface area contributed by atoms with Gasteiger partial charge in [0, 0.05) is 31.2 Å². The molecule has 174 valence electrons. The lowest BCUT2D eigenvalue weighted by molar-refractivity contribution is -0.138. The van der Waals surface area contributed by atoms with Gasteiger partial charge in [-0.25, -0.2) is 9.59 Å². The summed E-state index contributed by atoms with van der Waals surface area (Å²) in [5.41, 5.74) is -0.978. The van der Waals surface area contributed by atoms with Gasteiger partial charge in [-0.15, -0.1) is 0 Å². The molecule has 0 spiro atoms. The Morgan fingerprint density at radius 1 is 1.25 bits per heavy atom. The van der Waals surface area contributed by atoms with Crippen LogP contribution in [0.4, 0.5) is 18.0 Å². The van der Waals surface area contributed by atoms with E-state index in [1.54, 1.807) is 11.9 Å². The van der Waals surface area contributed by atoms with Crippen molar-refractivity contribution in [2.75, 3.05) is 26.7 Å². The third-order valence-electron chi connectivity index (χ3n) is 5.34. The molecule has 1 aromatic carbocycles. The molecule has 1 saturated heterocycles. The summed E-state index contributed by atoms with van der Waals surface area (Å²) < 4.78 is 40.7. The minimum Gasteiger partial charge on any atom is -0.476 e. The fourth-order valence-electron chi connectivity index (χ4n) is 3.81. The third-order valence-corrected chi connectivity index (χ3v) is 5.85. The maximum Gasteiger partial charge on any atom is 0.416 e. The van der Waals surface area contributed by atoms with Crippen LogP contribution in [0.5, 0.6) is 0 Å². The second kappa shape index (κ2) is 9.68. The maximum atomic E-state index is 13.3. The summed E-state index contributed by atoms with van der Waals surface area (Å²) in [5, 5.41) is 12.9. The highest BCUT2D eigenvalue weighted by Crippen LogP contribution is 2.34. The Labute approximate surface area is 192 Å². The van der Waals surface area contributed by atoms with Gasteiger partial charge in [0.25, 0.3) is 0 Å². The summed E-state index contributed by atoms with van der Waals surface area (Å²) in [6.07, 6.45) is -1.99. The molecule has 1 aliphatic heterocycles. The van der Waals surface area contributed by atoms with Crippen LogP contribution in [-0.4, -0.2) is 63.4 Å². The fraction of sp³-hybridized carbons (Fsp3) is 0.450. The molecule has 0 atom stereocenters. The Morgan fingerprint density at radius 3 is 2.47 bits per heavy atom.